The fourth-order valence-corrected chi connectivity index (χ4v) is 5.40. The third kappa shape index (κ3) is 2.59. The van der Waals surface area contributed by atoms with Gasteiger partial charge in [0, 0.05) is 10.8 Å². The maximum Gasteiger partial charge on any atom is 0.0287 e. The van der Waals surface area contributed by atoms with Crippen molar-refractivity contribution < 1.29 is 0 Å². The van der Waals surface area contributed by atoms with Crippen LogP contribution in [-0.2, 0) is 0 Å². The monoisotopic (exact) mass is 241 g/mol. The van der Waals surface area contributed by atoms with Crippen molar-refractivity contribution in [3.05, 3.63) is 0 Å². The molecule has 0 radical (unpaired) electrons. The van der Waals surface area contributed by atoms with Crippen LogP contribution in [0, 0.1) is 11.8 Å². The Labute approximate surface area is 105 Å². The molecule has 0 aromatic rings. The summed E-state index contributed by atoms with van der Waals surface area (Å²) in [4.78, 5) is 0. The molecule has 1 saturated carbocycles. The first kappa shape index (κ1) is 12.8. The summed E-state index contributed by atoms with van der Waals surface area (Å²) in [5.41, 5.74) is 0. The molecule has 1 heterocycles. The van der Waals surface area contributed by atoms with Crippen LogP contribution >= 0.6 is 11.8 Å². The highest BCUT2D eigenvalue weighted by atomic mass is 32.2. The molecule has 16 heavy (non-hydrogen) atoms. The van der Waals surface area contributed by atoms with Gasteiger partial charge in [0.25, 0.3) is 0 Å². The predicted octanol–water partition coefficient (Wildman–Crippen LogP) is 3.69. The molecule has 2 heteroatoms. The van der Waals surface area contributed by atoms with E-state index in [1.807, 2.05) is 0 Å². The summed E-state index contributed by atoms with van der Waals surface area (Å²) in [5.74, 6) is 3.24. The van der Waals surface area contributed by atoms with Gasteiger partial charge >= 0.3 is 0 Å². The number of hydrogen-bond acceptors (Lipinski definition) is 2. The molecule has 0 aromatic carbocycles. The minimum atomic E-state index is 0.510. The van der Waals surface area contributed by atoms with Gasteiger partial charge in [0.05, 0.1) is 0 Å². The SMILES string of the molecule is CNC(C1CCCC(C)C1)C1(C)CCCS1. The van der Waals surface area contributed by atoms with Crippen molar-refractivity contribution in [3.8, 4) is 0 Å². The van der Waals surface area contributed by atoms with Crippen molar-refractivity contribution in [2.24, 2.45) is 11.8 Å². The molecule has 2 fully saturated rings. The summed E-state index contributed by atoms with van der Waals surface area (Å²) >= 11 is 2.21. The van der Waals surface area contributed by atoms with E-state index in [0.29, 0.717) is 4.75 Å². The number of rotatable bonds is 3. The summed E-state index contributed by atoms with van der Waals surface area (Å²) < 4.78 is 0.510. The topological polar surface area (TPSA) is 12.0 Å². The van der Waals surface area contributed by atoms with Crippen LogP contribution < -0.4 is 5.32 Å². The largest absolute Gasteiger partial charge is 0.315 e. The van der Waals surface area contributed by atoms with Crippen molar-refractivity contribution in [2.45, 2.75) is 63.2 Å². The average Bonchev–Trinajstić information content (AvgIpc) is 2.67. The second kappa shape index (κ2) is 5.30. The number of nitrogens with one attached hydrogen (secondary N) is 1. The molecule has 0 spiro atoms. The van der Waals surface area contributed by atoms with E-state index in [1.165, 1.54) is 44.3 Å². The predicted molar refractivity (Wildman–Crippen MR) is 74.1 cm³/mol. The Balaban J connectivity index is 2.03. The van der Waals surface area contributed by atoms with Gasteiger partial charge in [-0.1, -0.05) is 19.8 Å². The standard InChI is InChI=1S/C14H27NS/c1-11-6-4-7-12(10-11)13(15-3)14(2)8-5-9-16-14/h11-13,15H,4-10H2,1-3H3. The zero-order valence-corrected chi connectivity index (χ0v) is 11.9. The zero-order chi connectivity index (χ0) is 11.6. The Hall–Kier alpha value is 0.310. The Kier molecular flexibility index (Phi) is 4.23. The molecule has 4 atom stereocenters. The normalized spacial score (nSPS) is 42.2. The lowest BCUT2D eigenvalue weighted by Crippen LogP contribution is -2.49. The molecule has 1 N–H and O–H groups in total. The summed E-state index contributed by atoms with van der Waals surface area (Å²) in [6.07, 6.45) is 8.63. The average molecular weight is 241 g/mol. The zero-order valence-electron chi connectivity index (χ0n) is 11.1. The van der Waals surface area contributed by atoms with Gasteiger partial charge in [-0.2, -0.15) is 11.8 Å². The molecular formula is C14H27NS. The molecule has 4 unspecified atom stereocenters. The maximum atomic E-state index is 3.65. The summed E-state index contributed by atoms with van der Waals surface area (Å²) in [5, 5.41) is 3.65. The second-order valence-corrected chi connectivity index (χ2v) is 7.69. The van der Waals surface area contributed by atoms with Crippen LogP contribution in [0.2, 0.25) is 0 Å². The molecular weight excluding hydrogens is 214 g/mol. The van der Waals surface area contributed by atoms with Crippen LogP contribution in [0.5, 0.6) is 0 Å². The molecule has 2 aliphatic rings. The highest BCUT2D eigenvalue weighted by Gasteiger charge is 2.41. The highest BCUT2D eigenvalue weighted by molar-refractivity contribution is 8.00. The number of hydrogen-bond donors (Lipinski definition) is 1. The van der Waals surface area contributed by atoms with Crippen molar-refractivity contribution >= 4 is 11.8 Å². The molecule has 2 rings (SSSR count). The lowest BCUT2D eigenvalue weighted by atomic mass is 9.74. The summed E-state index contributed by atoms with van der Waals surface area (Å²) in [6, 6.07) is 0.739. The molecule has 1 aliphatic heterocycles. The first-order chi connectivity index (χ1) is 7.65. The first-order valence-electron chi connectivity index (χ1n) is 6.97. The lowest BCUT2D eigenvalue weighted by Gasteiger charge is -2.42. The van der Waals surface area contributed by atoms with E-state index in [4.69, 9.17) is 0 Å². The smallest absolute Gasteiger partial charge is 0.0287 e. The van der Waals surface area contributed by atoms with Gasteiger partial charge in [-0.25, -0.2) is 0 Å². The van der Waals surface area contributed by atoms with E-state index in [9.17, 15) is 0 Å². The Morgan fingerprint density at radius 1 is 1.31 bits per heavy atom. The van der Waals surface area contributed by atoms with E-state index in [-0.39, 0.29) is 0 Å². The van der Waals surface area contributed by atoms with Gasteiger partial charge in [-0.15, -0.1) is 0 Å². The van der Waals surface area contributed by atoms with E-state index < -0.39 is 0 Å². The lowest BCUT2D eigenvalue weighted by molar-refractivity contribution is 0.200. The highest BCUT2D eigenvalue weighted by Crippen LogP contribution is 2.45. The van der Waals surface area contributed by atoms with E-state index in [1.54, 1.807) is 0 Å². The molecule has 1 saturated heterocycles. The molecule has 1 nitrogen and oxygen atoms in total. The fraction of sp³-hybridized carbons (Fsp3) is 1.00. The summed E-state index contributed by atoms with van der Waals surface area (Å²) in [6.45, 7) is 4.92. The molecule has 1 aliphatic carbocycles. The fourth-order valence-electron chi connectivity index (χ4n) is 3.87. The van der Waals surface area contributed by atoms with Crippen LogP contribution in [0.25, 0.3) is 0 Å². The van der Waals surface area contributed by atoms with Crippen molar-refractivity contribution in [1.29, 1.82) is 0 Å². The first-order valence-corrected chi connectivity index (χ1v) is 7.95. The third-order valence-electron chi connectivity index (χ3n) is 4.67. The minimum absolute atomic E-state index is 0.510. The maximum absolute atomic E-state index is 3.65. The van der Waals surface area contributed by atoms with Crippen LogP contribution in [0.1, 0.15) is 52.4 Å². The minimum Gasteiger partial charge on any atom is -0.315 e. The molecule has 0 amide bonds. The van der Waals surface area contributed by atoms with E-state index in [2.05, 4.69) is 38.0 Å². The van der Waals surface area contributed by atoms with Crippen molar-refractivity contribution in [1.82, 2.24) is 5.32 Å². The Morgan fingerprint density at radius 2 is 2.12 bits per heavy atom. The van der Waals surface area contributed by atoms with Gasteiger partial charge in [0.1, 0.15) is 0 Å². The van der Waals surface area contributed by atoms with Gasteiger partial charge in [-0.3, -0.25) is 0 Å². The van der Waals surface area contributed by atoms with E-state index >= 15 is 0 Å². The number of thioether (sulfide) groups is 1. The third-order valence-corrected chi connectivity index (χ3v) is 6.28. The van der Waals surface area contributed by atoms with Crippen molar-refractivity contribution in [3.63, 3.8) is 0 Å². The van der Waals surface area contributed by atoms with Crippen molar-refractivity contribution in [2.75, 3.05) is 12.8 Å². The van der Waals surface area contributed by atoms with Gasteiger partial charge in [0.15, 0.2) is 0 Å². The quantitative estimate of drug-likeness (QED) is 0.809. The van der Waals surface area contributed by atoms with E-state index in [0.717, 1.165) is 17.9 Å². The van der Waals surface area contributed by atoms with Crippen LogP contribution in [-0.4, -0.2) is 23.6 Å². The van der Waals surface area contributed by atoms with Crippen LogP contribution in [0.3, 0.4) is 0 Å². The molecule has 94 valence electrons. The van der Waals surface area contributed by atoms with Gasteiger partial charge < -0.3 is 5.32 Å². The summed E-state index contributed by atoms with van der Waals surface area (Å²) in [7, 11) is 2.17. The van der Waals surface area contributed by atoms with Crippen LogP contribution in [0.15, 0.2) is 0 Å². The molecule has 0 aromatic heterocycles. The molecule has 0 bridgehead atoms. The van der Waals surface area contributed by atoms with Gasteiger partial charge in [-0.05, 0) is 57.2 Å². The Morgan fingerprint density at radius 3 is 2.69 bits per heavy atom. The van der Waals surface area contributed by atoms with Crippen LogP contribution in [0.4, 0.5) is 0 Å². The second-order valence-electron chi connectivity index (χ2n) is 6.06. The Bertz CT molecular complexity index is 223. The van der Waals surface area contributed by atoms with Gasteiger partial charge in [0.2, 0.25) is 0 Å².